The zero-order valence-electron chi connectivity index (χ0n) is 17.3. The molecule has 2 aromatic carbocycles. The van der Waals surface area contributed by atoms with Crippen LogP contribution in [0.3, 0.4) is 0 Å². The van der Waals surface area contributed by atoms with Crippen molar-refractivity contribution in [3.05, 3.63) is 87.6 Å². The van der Waals surface area contributed by atoms with Crippen molar-refractivity contribution in [2.75, 3.05) is 18.4 Å². The number of rotatable bonds is 9. The molecule has 0 aliphatic carbocycles. The molecule has 0 fully saturated rings. The minimum atomic E-state index is -0.158. The van der Waals surface area contributed by atoms with Gasteiger partial charge in [0.2, 0.25) is 5.91 Å². The maximum absolute atomic E-state index is 12.6. The van der Waals surface area contributed by atoms with Gasteiger partial charge in [0.15, 0.2) is 0 Å². The molecule has 0 radical (unpaired) electrons. The molecule has 3 rings (SSSR count). The lowest BCUT2D eigenvalue weighted by Crippen LogP contribution is -2.31. The number of nitrogens with one attached hydrogen (secondary N) is 3. The highest BCUT2D eigenvalue weighted by atomic mass is 32.1. The van der Waals surface area contributed by atoms with Crippen LogP contribution in [-0.4, -0.2) is 24.9 Å². The first-order valence-electron chi connectivity index (χ1n) is 10.1. The van der Waals surface area contributed by atoms with Crippen LogP contribution in [0.25, 0.3) is 0 Å². The zero-order chi connectivity index (χ0) is 21.3. The van der Waals surface area contributed by atoms with Gasteiger partial charge in [0.05, 0.1) is 12.6 Å². The summed E-state index contributed by atoms with van der Waals surface area (Å²) in [6.07, 6.45) is 0.995. The summed E-state index contributed by atoms with van der Waals surface area (Å²) in [5, 5.41) is 11.0. The van der Waals surface area contributed by atoms with Crippen molar-refractivity contribution in [2.45, 2.75) is 26.3 Å². The van der Waals surface area contributed by atoms with E-state index >= 15 is 0 Å². The Labute approximate surface area is 181 Å². The van der Waals surface area contributed by atoms with Gasteiger partial charge in [-0.25, -0.2) is 0 Å². The summed E-state index contributed by atoms with van der Waals surface area (Å²) in [5.41, 5.74) is 3.54. The molecule has 0 bridgehead atoms. The van der Waals surface area contributed by atoms with E-state index in [4.69, 9.17) is 0 Å². The molecule has 0 saturated heterocycles. The smallest absolute Gasteiger partial charge is 0.251 e. The third-order valence-electron chi connectivity index (χ3n) is 4.76. The Morgan fingerprint density at radius 1 is 1.00 bits per heavy atom. The van der Waals surface area contributed by atoms with Gasteiger partial charge in [-0.3, -0.25) is 14.9 Å². The molecule has 6 heteroatoms. The first-order valence-corrected chi connectivity index (χ1v) is 11.0. The summed E-state index contributed by atoms with van der Waals surface area (Å²) >= 11 is 1.66. The van der Waals surface area contributed by atoms with E-state index in [-0.39, 0.29) is 24.4 Å². The number of carbonyl (C=O) groups excluding carboxylic acids is 2. The minimum absolute atomic E-state index is 0.0525. The SMILES string of the molecule is CCNC(=O)c1cccc(NC(=O)CN[C@H](c2ccc(CC)cc2)c2cccs2)c1. The lowest BCUT2D eigenvalue weighted by molar-refractivity contribution is -0.115. The summed E-state index contributed by atoms with van der Waals surface area (Å²) in [5.74, 6) is -0.310. The van der Waals surface area contributed by atoms with E-state index in [2.05, 4.69) is 53.2 Å². The number of aryl methyl sites for hydroxylation is 1. The van der Waals surface area contributed by atoms with Crippen LogP contribution in [0, 0.1) is 0 Å². The molecule has 2 amide bonds. The van der Waals surface area contributed by atoms with Gasteiger partial charge in [-0.1, -0.05) is 43.3 Å². The van der Waals surface area contributed by atoms with Crippen LogP contribution >= 0.6 is 11.3 Å². The van der Waals surface area contributed by atoms with Gasteiger partial charge in [0, 0.05) is 22.7 Å². The van der Waals surface area contributed by atoms with Gasteiger partial charge < -0.3 is 10.6 Å². The number of hydrogen-bond donors (Lipinski definition) is 3. The predicted molar refractivity (Wildman–Crippen MR) is 123 cm³/mol. The van der Waals surface area contributed by atoms with Crippen LogP contribution in [-0.2, 0) is 11.2 Å². The molecule has 1 aromatic heterocycles. The Hall–Kier alpha value is -2.96. The summed E-state index contributed by atoms with van der Waals surface area (Å²) in [7, 11) is 0. The average molecular weight is 422 g/mol. The molecule has 3 aromatic rings. The molecule has 156 valence electrons. The van der Waals surface area contributed by atoms with Gasteiger partial charge >= 0.3 is 0 Å². The number of carbonyl (C=O) groups is 2. The second-order valence-corrected chi connectivity index (χ2v) is 7.89. The second-order valence-electron chi connectivity index (χ2n) is 6.91. The van der Waals surface area contributed by atoms with Crippen LogP contribution in [0.1, 0.15) is 46.3 Å². The molecular weight excluding hydrogens is 394 g/mol. The summed E-state index contributed by atoms with van der Waals surface area (Å²) in [6, 6.07) is 19.5. The first-order chi connectivity index (χ1) is 14.6. The molecule has 0 spiro atoms. The maximum Gasteiger partial charge on any atom is 0.251 e. The Bertz CT molecular complexity index is 968. The number of amides is 2. The fraction of sp³-hybridized carbons (Fsp3) is 0.250. The molecule has 0 unspecified atom stereocenters. The lowest BCUT2D eigenvalue weighted by Gasteiger charge is -2.18. The van der Waals surface area contributed by atoms with Crippen molar-refractivity contribution in [2.24, 2.45) is 0 Å². The van der Waals surface area contributed by atoms with Gasteiger partial charge in [0.25, 0.3) is 5.91 Å². The van der Waals surface area contributed by atoms with Crippen LogP contribution in [0.2, 0.25) is 0 Å². The van der Waals surface area contributed by atoms with Crippen molar-refractivity contribution in [1.29, 1.82) is 0 Å². The number of anilines is 1. The van der Waals surface area contributed by atoms with Crippen molar-refractivity contribution in [1.82, 2.24) is 10.6 Å². The van der Waals surface area contributed by atoms with Crippen molar-refractivity contribution >= 4 is 28.8 Å². The number of benzene rings is 2. The summed E-state index contributed by atoms with van der Waals surface area (Å²) in [6.45, 7) is 4.72. The lowest BCUT2D eigenvalue weighted by atomic mass is 10.0. The molecular formula is C24H27N3O2S. The van der Waals surface area contributed by atoms with Crippen LogP contribution < -0.4 is 16.0 Å². The van der Waals surface area contributed by atoms with E-state index in [9.17, 15) is 9.59 Å². The van der Waals surface area contributed by atoms with Gasteiger partial charge in [-0.15, -0.1) is 11.3 Å². The highest BCUT2D eigenvalue weighted by molar-refractivity contribution is 7.10. The largest absolute Gasteiger partial charge is 0.352 e. The van der Waals surface area contributed by atoms with Gasteiger partial charge in [-0.05, 0) is 54.1 Å². The molecule has 1 heterocycles. The molecule has 0 saturated carbocycles. The third kappa shape index (κ3) is 5.78. The van der Waals surface area contributed by atoms with Crippen LogP contribution in [0.15, 0.2) is 66.0 Å². The fourth-order valence-corrected chi connectivity index (χ4v) is 4.01. The van der Waals surface area contributed by atoms with Gasteiger partial charge in [0.1, 0.15) is 0 Å². The van der Waals surface area contributed by atoms with E-state index in [0.29, 0.717) is 17.8 Å². The van der Waals surface area contributed by atoms with E-state index in [1.165, 1.54) is 5.56 Å². The van der Waals surface area contributed by atoms with Crippen molar-refractivity contribution < 1.29 is 9.59 Å². The van der Waals surface area contributed by atoms with Crippen molar-refractivity contribution in [3.8, 4) is 0 Å². The quantitative estimate of drug-likeness (QED) is 0.480. The zero-order valence-corrected chi connectivity index (χ0v) is 18.1. The van der Waals surface area contributed by atoms with Crippen LogP contribution in [0.4, 0.5) is 5.69 Å². The Morgan fingerprint density at radius 3 is 2.47 bits per heavy atom. The number of thiophene rings is 1. The summed E-state index contributed by atoms with van der Waals surface area (Å²) < 4.78 is 0. The Balaban J connectivity index is 1.66. The normalized spacial score (nSPS) is 11.7. The topological polar surface area (TPSA) is 70.2 Å². The third-order valence-corrected chi connectivity index (χ3v) is 5.70. The monoisotopic (exact) mass is 421 g/mol. The van der Waals surface area contributed by atoms with E-state index in [0.717, 1.165) is 16.9 Å². The molecule has 3 N–H and O–H groups in total. The van der Waals surface area contributed by atoms with Gasteiger partial charge in [-0.2, -0.15) is 0 Å². The standard InChI is InChI=1S/C24H27N3O2S/c1-3-17-10-12-18(13-11-17)23(21-9-6-14-30-21)26-16-22(28)27-20-8-5-7-19(15-20)24(29)25-4-2/h5-15,23,26H,3-4,16H2,1-2H3,(H,25,29)(H,27,28)/t23-/m1/s1. The van der Waals surface area contributed by atoms with Crippen molar-refractivity contribution in [3.63, 3.8) is 0 Å². The molecule has 5 nitrogen and oxygen atoms in total. The van der Waals surface area contributed by atoms with Crippen LogP contribution in [0.5, 0.6) is 0 Å². The highest BCUT2D eigenvalue weighted by Gasteiger charge is 2.16. The Kier molecular flexibility index (Phi) is 7.76. The van der Waals surface area contributed by atoms with E-state index < -0.39 is 0 Å². The maximum atomic E-state index is 12.6. The molecule has 30 heavy (non-hydrogen) atoms. The second kappa shape index (κ2) is 10.7. The highest BCUT2D eigenvalue weighted by Crippen LogP contribution is 2.26. The average Bonchev–Trinajstić information content (AvgIpc) is 3.29. The Morgan fingerprint density at radius 2 is 1.80 bits per heavy atom. The molecule has 1 atom stereocenters. The molecule has 0 aliphatic heterocycles. The van der Waals surface area contributed by atoms with E-state index in [1.807, 2.05) is 18.4 Å². The fourth-order valence-electron chi connectivity index (χ4n) is 3.18. The molecule has 0 aliphatic rings. The van der Waals surface area contributed by atoms with E-state index in [1.54, 1.807) is 35.6 Å². The predicted octanol–water partition coefficient (Wildman–Crippen LogP) is 4.38. The minimum Gasteiger partial charge on any atom is -0.352 e. The summed E-state index contributed by atoms with van der Waals surface area (Å²) in [4.78, 5) is 25.7. The number of hydrogen-bond acceptors (Lipinski definition) is 4. The first kappa shape index (κ1) is 21.7.